The third-order valence-electron chi connectivity index (χ3n) is 5.49. The van der Waals surface area contributed by atoms with Gasteiger partial charge in [0.1, 0.15) is 0 Å². The fraction of sp³-hybridized carbons (Fsp3) is 0.938. The molecule has 2 amide bonds. The van der Waals surface area contributed by atoms with Crippen LogP contribution in [0.5, 0.6) is 0 Å². The number of hydrogen-bond donors (Lipinski definition) is 2. The van der Waals surface area contributed by atoms with Gasteiger partial charge in [-0.05, 0) is 64.0 Å². The van der Waals surface area contributed by atoms with E-state index in [-0.39, 0.29) is 6.03 Å². The molecule has 2 N–H and O–H groups in total. The second-order valence-electron chi connectivity index (χ2n) is 7.04. The van der Waals surface area contributed by atoms with Gasteiger partial charge in [-0.1, -0.05) is 0 Å². The lowest BCUT2D eigenvalue weighted by molar-refractivity contribution is 0.0575. The Labute approximate surface area is 129 Å². The molecule has 0 bridgehead atoms. The lowest BCUT2D eigenvalue weighted by atomic mass is 9.65. The Kier molecular flexibility index (Phi) is 5.88. The summed E-state index contributed by atoms with van der Waals surface area (Å²) in [5, 5.41) is 5.96. The van der Waals surface area contributed by atoms with Gasteiger partial charge >= 0.3 is 6.03 Å². The van der Waals surface area contributed by atoms with E-state index in [1.165, 1.54) is 45.1 Å². The van der Waals surface area contributed by atoms with Crippen molar-refractivity contribution >= 4 is 6.03 Å². The summed E-state index contributed by atoms with van der Waals surface area (Å²) in [5.74, 6) is 0.853. The molecule has 0 radical (unpaired) electrons. The molecule has 5 heteroatoms. The smallest absolute Gasteiger partial charge is 0.317 e. The highest BCUT2D eigenvalue weighted by molar-refractivity contribution is 5.73. The van der Waals surface area contributed by atoms with Crippen LogP contribution < -0.4 is 10.6 Å². The van der Waals surface area contributed by atoms with Crippen molar-refractivity contribution in [3.63, 3.8) is 0 Å². The zero-order valence-corrected chi connectivity index (χ0v) is 14.0. The van der Waals surface area contributed by atoms with Crippen molar-refractivity contribution in [1.29, 1.82) is 0 Å². The van der Waals surface area contributed by atoms with Crippen molar-refractivity contribution in [3.05, 3.63) is 0 Å². The molecule has 1 aliphatic carbocycles. The van der Waals surface area contributed by atoms with Crippen LogP contribution in [0.2, 0.25) is 0 Å². The first kappa shape index (κ1) is 16.6. The largest absolute Gasteiger partial charge is 0.341 e. The van der Waals surface area contributed by atoms with Gasteiger partial charge in [-0.3, -0.25) is 4.90 Å². The molecule has 0 aromatic rings. The second kappa shape index (κ2) is 7.45. The van der Waals surface area contributed by atoms with E-state index < -0.39 is 0 Å². The molecule has 1 spiro atoms. The SMILES string of the molecule is CNCN(C)CC1CCC2(CC1)CCN(C(=O)NC)CC2. The summed E-state index contributed by atoms with van der Waals surface area (Å²) in [6.45, 7) is 4.05. The zero-order valence-electron chi connectivity index (χ0n) is 14.0. The van der Waals surface area contributed by atoms with Gasteiger partial charge < -0.3 is 15.5 Å². The third-order valence-corrected chi connectivity index (χ3v) is 5.49. The minimum absolute atomic E-state index is 0.0900. The molecule has 2 fully saturated rings. The van der Waals surface area contributed by atoms with Crippen molar-refractivity contribution < 1.29 is 4.79 Å². The predicted molar refractivity (Wildman–Crippen MR) is 86.2 cm³/mol. The van der Waals surface area contributed by atoms with Gasteiger partial charge in [0.2, 0.25) is 0 Å². The van der Waals surface area contributed by atoms with Gasteiger partial charge in [-0.25, -0.2) is 4.79 Å². The van der Waals surface area contributed by atoms with E-state index in [4.69, 9.17) is 0 Å². The van der Waals surface area contributed by atoms with Crippen LogP contribution in [-0.2, 0) is 0 Å². The number of hydrogen-bond acceptors (Lipinski definition) is 3. The number of nitrogens with one attached hydrogen (secondary N) is 2. The number of carbonyl (C=O) groups is 1. The summed E-state index contributed by atoms with van der Waals surface area (Å²) in [4.78, 5) is 16.0. The van der Waals surface area contributed by atoms with E-state index in [9.17, 15) is 4.79 Å². The van der Waals surface area contributed by atoms with Crippen LogP contribution in [0.3, 0.4) is 0 Å². The maximum Gasteiger partial charge on any atom is 0.317 e. The molecule has 0 unspecified atom stereocenters. The molecule has 2 rings (SSSR count). The number of amides is 2. The number of likely N-dealkylation sites (tertiary alicyclic amines) is 1. The molecule has 122 valence electrons. The highest BCUT2D eigenvalue weighted by Gasteiger charge is 2.38. The summed E-state index contributed by atoms with van der Waals surface area (Å²) in [6.07, 6.45) is 7.81. The van der Waals surface area contributed by atoms with E-state index in [1.54, 1.807) is 7.05 Å². The molecule has 0 atom stereocenters. The molecule has 0 aromatic heterocycles. The fourth-order valence-electron chi connectivity index (χ4n) is 4.09. The Morgan fingerprint density at radius 1 is 1.19 bits per heavy atom. The lowest BCUT2D eigenvalue weighted by Crippen LogP contribution is -2.47. The third kappa shape index (κ3) is 4.33. The van der Waals surface area contributed by atoms with Crippen LogP contribution in [0.4, 0.5) is 4.79 Å². The highest BCUT2D eigenvalue weighted by Crippen LogP contribution is 2.46. The summed E-state index contributed by atoms with van der Waals surface area (Å²) < 4.78 is 0. The first-order valence-electron chi connectivity index (χ1n) is 8.38. The monoisotopic (exact) mass is 296 g/mol. The molecular weight excluding hydrogens is 264 g/mol. The first-order valence-corrected chi connectivity index (χ1v) is 8.38. The van der Waals surface area contributed by atoms with Gasteiger partial charge in [0.05, 0.1) is 0 Å². The first-order chi connectivity index (χ1) is 10.1. The highest BCUT2D eigenvalue weighted by atomic mass is 16.2. The molecule has 1 saturated carbocycles. The van der Waals surface area contributed by atoms with Gasteiger partial charge in [0, 0.05) is 33.4 Å². The minimum Gasteiger partial charge on any atom is -0.341 e. The van der Waals surface area contributed by atoms with E-state index in [0.29, 0.717) is 5.41 Å². The van der Waals surface area contributed by atoms with Crippen molar-refractivity contribution in [1.82, 2.24) is 20.4 Å². The van der Waals surface area contributed by atoms with Crippen molar-refractivity contribution in [2.45, 2.75) is 38.5 Å². The number of carbonyl (C=O) groups excluding carboxylic acids is 1. The van der Waals surface area contributed by atoms with E-state index in [2.05, 4.69) is 22.6 Å². The number of nitrogens with zero attached hydrogens (tertiary/aromatic N) is 2. The molecule has 5 nitrogen and oxygen atoms in total. The van der Waals surface area contributed by atoms with Crippen LogP contribution in [0.15, 0.2) is 0 Å². The summed E-state index contributed by atoms with van der Waals surface area (Å²) in [6, 6.07) is 0.0900. The minimum atomic E-state index is 0.0900. The maximum atomic E-state index is 11.7. The van der Waals surface area contributed by atoms with Crippen LogP contribution in [-0.4, -0.2) is 63.3 Å². The second-order valence-corrected chi connectivity index (χ2v) is 7.04. The zero-order chi connectivity index (χ0) is 15.3. The molecular formula is C16H32N4O. The standard InChI is InChI=1S/C16H32N4O/c1-17-13-19(3)12-14-4-6-16(7-5-14)8-10-20(11-9-16)15(21)18-2/h14,17H,4-13H2,1-3H3,(H,18,21). The molecule has 21 heavy (non-hydrogen) atoms. The molecule has 1 heterocycles. The predicted octanol–water partition coefficient (Wildman–Crippen LogP) is 1.71. The van der Waals surface area contributed by atoms with Crippen molar-refractivity contribution in [3.8, 4) is 0 Å². The van der Waals surface area contributed by atoms with Gasteiger partial charge in [-0.2, -0.15) is 0 Å². The van der Waals surface area contributed by atoms with Crippen LogP contribution in [0.25, 0.3) is 0 Å². The van der Waals surface area contributed by atoms with Crippen molar-refractivity contribution in [2.75, 3.05) is 47.4 Å². The summed E-state index contributed by atoms with van der Waals surface area (Å²) >= 11 is 0. The fourth-order valence-corrected chi connectivity index (χ4v) is 4.09. The molecule has 1 saturated heterocycles. The molecule has 2 aliphatic rings. The lowest BCUT2D eigenvalue weighted by Gasteiger charge is -2.46. The Balaban J connectivity index is 1.75. The Morgan fingerprint density at radius 3 is 2.33 bits per heavy atom. The Hall–Kier alpha value is -0.810. The van der Waals surface area contributed by atoms with Gasteiger partial charge in [0.15, 0.2) is 0 Å². The van der Waals surface area contributed by atoms with Crippen molar-refractivity contribution in [2.24, 2.45) is 11.3 Å². The summed E-state index contributed by atoms with van der Waals surface area (Å²) in [7, 11) is 5.93. The van der Waals surface area contributed by atoms with Gasteiger partial charge in [-0.15, -0.1) is 0 Å². The number of piperidine rings is 1. The topological polar surface area (TPSA) is 47.6 Å². The molecule has 0 aromatic carbocycles. The van der Waals surface area contributed by atoms with E-state index in [0.717, 1.165) is 25.7 Å². The van der Waals surface area contributed by atoms with Gasteiger partial charge in [0.25, 0.3) is 0 Å². The van der Waals surface area contributed by atoms with E-state index in [1.807, 2.05) is 11.9 Å². The summed E-state index contributed by atoms with van der Waals surface area (Å²) in [5.41, 5.74) is 0.530. The van der Waals surface area contributed by atoms with Crippen LogP contribution in [0, 0.1) is 11.3 Å². The van der Waals surface area contributed by atoms with E-state index >= 15 is 0 Å². The normalized spacial score (nSPS) is 22.8. The Morgan fingerprint density at radius 2 is 1.81 bits per heavy atom. The Bertz CT molecular complexity index is 329. The molecule has 1 aliphatic heterocycles. The quantitative estimate of drug-likeness (QED) is 0.777. The number of urea groups is 1. The maximum absolute atomic E-state index is 11.7. The van der Waals surface area contributed by atoms with Crippen LogP contribution in [0.1, 0.15) is 38.5 Å². The number of rotatable bonds is 4. The average Bonchev–Trinajstić information content (AvgIpc) is 2.50. The average molecular weight is 296 g/mol. The van der Waals surface area contributed by atoms with Crippen LogP contribution >= 0.6 is 0 Å².